The number of hydrogen-bond donors (Lipinski definition) is 3. The first-order valence-electron chi connectivity index (χ1n) is 4.64. The maximum atomic E-state index is 12.6. The van der Waals surface area contributed by atoms with E-state index in [0.717, 1.165) is 0 Å². The number of nitrogens with one attached hydrogen (secondary N) is 2. The van der Waals surface area contributed by atoms with Crippen LogP contribution >= 0.6 is 0 Å². The Hall–Kier alpha value is -1.00. The highest BCUT2D eigenvalue weighted by atomic mass is 32.2. The van der Waals surface area contributed by atoms with Crippen molar-refractivity contribution in [3.63, 3.8) is 0 Å². The Bertz CT molecular complexity index is 358. The lowest BCUT2D eigenvalue weighted by Crippen LogP contribution is -2.47. The van der Waals surface area contributed by atoms with E-state index < -0.39 is 41.4 Å². The Labute approximate surface area is 97.9 Å². The fraction of sp³-hybridized carbons (Fsp3) is 0.857. The summed E-state index contributed by atoms with van der Waals surface area (Å²) in [6, 6.07) is 0. The number of halogens is 2. The number of ether oxygens (including phenoxy) is 1. The van der Waals surface area contributed by atoms with Gasteiger partial charge in [-0.25, -0.2) is 18.3 Å². The van der Waals surface area contributed by atoms with E-state index >= 15 is 0 Å². The number of alkyl halides is 2. The predicted molar refractivity (Wildman–Crippen MR) is 55.7 cm³/mol. The number of hydrogen-bond acceptors (Lipinski definition) is 5. The molecule has 0 unspecified atom stereocenters. The lowest BCUT2D eigenvalue weighted by Gasteiger charge is -2.15. The molecule has 0 aliphatic heterocycles. The summed E-state index contributed by atoms with van der Waals surface area (Å²) in [6.45, 7) is 0.796. The summed E-state index contributed by atoms with van der Waals surface area (Å²) in [4.78, 5) is 10.9. The van der Waals surface area contributed by atoms with Crippen molar-refractivity contribution < 1.29 is 26.7 Å². The monoisotopic (exact) mass is 275 g/mol. The molecule has 0 aromatic carbocycles. The maximum Gasteiger partial charge on any atom is 0.422 e. The molecule has 0 heterocycles. The van der Waals surface area contributed by atoms with Crippen molar-refractivity contribution in [3.8, 4) is 0 Å². The summed E-state index contributed by atoms with van der Waals surface area (Å²) in [5.74, 6) is -3.38. The van der Waals surface area contributed by atoms with Crippen LogP contribution in [0.15, 0.2) is 0 Å². The third kappa shape index (κ3) is 7.82. The SMILES string of the molecule is CC(C)OC(=O)NS(=O)(=O)NCC(F)(F)CN. The first-order chi connectivity index (χ1) is 7.58. The Morgan fingerprint density at radius 3 is 2.41 bits per heavy atom. The molecule has 17 heavy (non-hydrogen) atoms. The van der Waals surface area contributed by atoms with Crippen LogP contribution in [0.2, 0.25) is 0 Å². The zero-order chi connectivity index (χ0) is 13.7. The molecule has 1 amide bonds. The van der Waals surface area contributed by atoms with Crippen molar-refractivity contribution in [2.45, 2.75) is 25.9 Å². The average molecular weight is 275 g/mol. The van der Waals surface area contributed by atoms with Gasteiger partial charge in [-0.2, -0.15) is 13.1 Å². The molecule has 0 saturated heterocycles. The van der Waals surface area contributed by atoms with Gasteiger partial charge in [-0.05, 0) is 13.8 Å². The first-order valence-corrected chi connectivity index (χ1v) is 6.12. The van der Waals surface area contributed by atoms with Crippen LogP contribution in [0.1, 0.15) is 13.8 Å². The second-order valence-corrected chi connectivity index (χ2v) is 4.94. The van der Waals surface area contributed by atoms with E-state index in [-0.39, 0.29) is 0 Å². The van der Waals surface area contributed by atoms with E-state index in [0.29, 0.717) is 0 Å². The second kappa shape index (κ2) is 6.07. The minimum atomic E-state index is -4.38. The summed E-state index contributed by atoms with van der Waals surface area (Å²) < 4.78 is 54.8. The second-order valence-electron chi connectivity index (χ2n) is 3.44. The van der Waals surface area contributed by atoms with Crippen LogP contribution < -0.4 is 15.2 Å². The summed E-state index contributed by atoms with van der Waals surface area (Å²) in [6.07, 6.45) is -1.78. The van der Waals surface area contributed by atoms with Gasteiger partial charge in [0.05, 0.1) is 19.2 Å². The molecule has 0 aliphatic rings. The molecule has 0 radical (unpaired) electrons. The van der Waals surface area contributed by atoms with Gasteiger partial charge in [0.25, 0.3) is 5.92 Å². The van der Waals surface area contributed by atoms with E-state index in [1.165, 1.54) is 23.3 Å². The number of carbonyl (C=O) groups is 1. The smallest absolute Gasteiger partial charge is 0.422 e. The molecule has 0 bridgehead atoms. The van der Waals surface area contributed by atoms with Crippen molar-refractivity contribution in [2.24, 2.45) is 5.73 Å². The lowest BCUT2D eigenvalue weighted by atomic mass is 10.3. The first kappa shape index (κ1) is 16.0. The summed E-state index contributed by atoms with van der Waals surface area (Å²) in [5.41, 5.74) is 4.71. The maximum absolute atomic E-state index is 12.6. The largest absolute Gasteiger partial charge is 0.446 e. The fourth-order valence-electron chi connectivity index (χ4n) is 0.657. The van der Waals surface area contributed by atoms with Crippen molar-refractivity contribution >= 4 is 16.3 Å². The van der Waals surface area contributed by atoms with Gasteiger partial charge in [0, 0.05) is 0 Å². The Kier molecular flexibility index (Phi) is 5.72. The Morgan fingerprint density at radius 2 is 2.00 bits per heavy atom. The van der Waals surface area contributed by atoms with Crippen LogP contribution in [0.25, 0.3) is 0 Å². The lowest BCUT2D eigenvalue weighted by molar-refractivity contribution is 0.0169. The summed E-state index contributed by atoms with van der Waals surface area (Å²) in [7, 11) is -4.38. The molecule has 0 fully saturated rings. The highest BCUT2D eigenvalue weighted by Gasteiger charge is 2.29. The van der Waals surface area contributed by atoms with E-state index in [1.54, 1.807) is 0 Å². The predicted octanol–water partition coefficient (Wildman–Crippen LogP) is -0.451. The van der Waals surface area contributed by atoms with Gasteiger partial charge >= 0.3 is 16.3 Å². The Morgan fingerprint density at radius 1 is 1.47 bits per heavy atom. The standard InChI is InChI=1S/C7H15F2N3O4S/c1-5(2)16-6(13)12-17(14,15)11-4-7(8,9)3-10/h5,11H,3-4,10H2,1-2H3,(H,12,13). The van der Waals surface area contributed by atoms with E-state index in [4.69, 9.17) is 5.73 Å². The number of nitrogens with two attached hydrogens (primary N) is 1. The van der Waals surface area contributed by atoms with Gasteiger partial charge < -0.3 is 10.5 Å². The van der Waals surface area contributed by atoms with Crippen LogP contribution in [-0.2, 0) is 14.9 Å². The molecule has 4 N–H and O–H groups in total. The van der Waals surface area contributed by atoms with Gasteiger partial charge in [-0.3, -0.25) is 0 Å². The number of carbonyl (C=O) groups excluding carboxylic acids is 1. The molecule has 0 saturated carbocycles. The average Bonchev–Trinajstić information content (AvgIpc) is 2.13. The molecule has 0 rings (SSSR count). The molecule has 7 nitrogen and oxygen atoms in total. The highest BCUT2D eigenvalue weighted by Crippen LogP contribution is 2.08. The molecule has 0 spiro atoms. The molecule has 102 valence electrons. The van der Waals surface area contributed by atoms with Gasteiger partial charge in [-0.1, -0.05) is 0 Å². The highest BCUT2D eigenvalue weighted by molar-refractivity contribution is 7.88. The van der Waals surface area contributed by atoms with Crippen molar-refractivity contribution in [3.05, 3.63) is 0 Å². The molecule has 0 aliphatic carbocycles. The van der Waals surface area contributed by atoms with Gasteiger partial charge in [0.2, 0.25) is 0 Å². The van der Waals surface area contributed by atoms with Crippen LogP contribution in [0.4, 0.5) is 13.6 Å². The quantitative estimate of drug-likeness (QED) is 0.608. The normalized spacial score (nSPS) is 12.6. The van der Waals surface area contributed by atoms with E-state index in [9.17, 15) is 22.0 Å². The summed E-state index contributed by atoms with van der Waals surface area (Å²) in [5, 5.41) is 0. The molecular formula is C7H15F2N3O4S. The molecule has 0 aromatic rings. The molecule has 10 heteroatoms. The van der Waals surface area contributed by atoms with Crippen LogP contribution in [-0.4, -0.2) is 39.6 Å². The van der Waals surface area contributed by atoms with Crippen molar-refractivity contribution in [1.29, 1.82) is 0 Å². The molecule has 0 aromatic heterocycles. The van der Waals surface area contributed by atoms with Crippen LogP contribution in [0.3, 0.4) is 0 Å². The van der Waals surface area contributed by atoms with E-state index in [1.807, 2.05) is 0 Å². The minimum absolute atomic E-state index is 0.532. The fourth-order valence-corrected chi connectivity index (χ4v) is 1.40. The number of rotatable bonds is 6. The summed E-state index contributed by atoms with van der Waals surface area (Å²) >= 11 is 0. The van der Waals surface area contributed by atoms with Crippen molar-refractivity contribution in [1.82, 2.24) is 9.44 Å². The minimum Gasteiger partial charge on any atom is -0.446 e. The third-order valence-corrected chi connectivity index (χ3v) is 2.34. The van der Waals surface area contributed by atoms with Gasteiger partial charge in [-0.15, -0.1) is 0 Å². The van der Waals surface area contributed by atoms with E-state index in [2.05, 4.69) is 4.74 Å². The number of amides is 1. The van der Waals surface area contributed by atoms with Gasteiger partial charge in [0.1, 0.15) is 0 Å². The zero-order valence-electron chi connectivity index (χ0n) is 9.37. The third-order valence-electron chi connectivity index (χ3n) is 1.38. The Balaban J connectivity index is 4.27. The van der Waals surface area contributed by atoms with Crippen molar-refractivity contribution in [2.75, 3.05) is 13.1 Å². The van der Waals surface area contributed by atoms with Crippen LogP contribution in [0.5, 0.6) is 0 Å². The zero-order valence-corrected chi connectivity index (χ0v) is 10.2. The topological polar surface area (TPSA) is 111 Å². The van der Waals surface area contributed by atoms with Gasteiger partial charge in [0.15, 0.2) is 0 Å². The van der Waals surface area contributed by atoms with Crippen LogP contribution in [0, 0.1) is 0 Å². The molecule has 0 atom stereocenters. The molecular weight excluding hydrogens is 260 g/mol.